The first-order chi connectivity index (χ1) is 17.4. The Morgan fingerprint density at radius 2 is 0.649 bits per heavy atom. The van der Waals surface area contributed by atoms with Crippen molar-refractivity contribution < 1.29 is 53.2 Å². The Morgan fingerprint density at radius 1 is 0.486 bits per heavy atom. The van der Waals surface area contributed by atoms with E-state index < -0.39 is 10.4 Å². The Hall–Kier alpha value is 0.570. The number of hydrogen-bond acceptors (Lipinski definition) is 3. The van der Waals surface area contributed by atoms with Crippen molar-refractivity contribution in [3.8, 4) is 0 Å². The normalized spacial score (nSPS) is 10.6. The van der Waals surface area contributed by atoms with Gasteiger partial charge in [0.25, 0.3) is 0 Å². The van der Waals surface area contributed by atoms with E-state index in [1.165, 1.54) is 154 Å². The van der Waals surface area contributed by atoms with Gasteiger partial charge in [-0.2, -0.15) is 8.42 Å². The third kappa shape index (κ3) is 61.9. The fourth-order valence-electron chi connectivity index (χ4n) is 4.19. The summed E-state index contributed by atoms with van der Waals surface area (Å²) in [5.74, 6) is 0. The maximum Gasteiger partial charge on any atom is 1.00 e. The smallest absolute Gasteiger partial charge is 1.00 e. The Bertz CT molecular complexity index is 447. The number of hydrogen-bond donors (Lipinski definition) is 2. The van der Waals surface area contributed by atoms with Crippen molar-refractivity contribution in [3.63, 3.8) is 0 Å². The zero-order valence-electron chi connectivity index (χ0n) is 26.3. The summed E-state index contributed by atoms with van der Waals surface area (Å²) in [4.78, 5) is 0. The van der Waals surface area contributed by atoms with Crippen LogP contribution < -0.4 is 29.6 Å². The summed E-state index contributed by atoms with van der Waals surface area (Å²) in [5.41, 5.74) is 0. The molecule has 0 radical (unpaired) electrons. The third-order valence-corrected chi connectivity index (χ3v) is 6.28. The van der Waals surface area contributed by atoms with E-state index in [4.69, 9.17) is 22.3 Å². The molecular weight excluding hydrogens is 495 g/mol. The number of ether oxygens (including phenoxy) is 1. The fourth-order valence-corrected chi connectivity index (χ4v) is 4.19. The molecule has 0 saturated carbocycles. The van der Waals surface area contributed by atoms with E-state index in [2.05, 4.69) is 27.0 Å². The monoisotopic (exact) mass is 560 g/mol. The topological polar surface area (TPSA) is 83.8 Å². The summed E-state index contributed by atoms with van der Waals surface area (Å²) in [6.07, 6.45) is 34.1. The Kier molecular flexibility index (Phi) is 49.5. The second-order valence-corrected chi connectivity index (χ2v) is 10.7. The first-order valence-corrected chi connectivity index (χ1v) is 16.6. The molecule has 0 unspecified atom stereocenters. The van der Waals surface area contributed by atoms with Crippen molar-refractivity contribution in [2.45, 2.75) is 168 Å². The van der Waals surface area contributed by atoms with Crippen molar-refractivity contribution in [2.75, 3.05) is 13.2 Å². The molecule has 0 aromatic carbocycles. The average Bonchev–Trinajstić information content (AvgIpc) is 2.84. The molecule has 2 N–H and O–H groups in total. The second kappa shape index (κ2) is 41.1. The first kappa shape index (κ1) is 44.6. The molecule has 7 heteroatoms. The van der Waals surface area contributed by atoms with E-state index in [1.54, 1.807) is 0 Å². The van der Waals surface area contributed by atoms with E-state index in [0.29, 0.717) is 0 Å². The van der Waals surface area contributed by atoms with Gasteiger partial charge in [-0.25, -0.2) is 0 Å². The van der Waals surface area contributed by atoms with Crippen LogP contribution in [0.4, 0.5) is 0 Å². The van der Waals surface area contributed by atoms with Gasteiger partial charge in [0.05, 0.1) is 0 Å². The summed E-state index contributed by atoms with van der Waals surface area (Å²) >= 11 is 0. The molecule has 0 aliphatic carbocycles. The van der Waals surface area contributed by atoms with Gasteiger partial charge < -0.3 is 6.16 Å². The van der Waals surface area contributed by atoms with Crippen molar-refractivity contribution in [1.82, 2.24) is 0 Å². The Balaban J connectivity index is -0.000000359. The minimum Gasteiger partial charge on any atom is -1.00 e. The molecule has 0 amide bonds. The summed E-state index contributed by atoms with van der Waals surface area (Å²) in [6.45, 7) is 12.6. The molecule has 0 spiro atoms. The van der Waals surface area contributed by atoms with Crippen LogP contribution in [0.1, 0.15) is 169 Å². The molecule has 222 valence electrons. The SMILES string of the molecule is C=C.CCCCCCCCCCCCCCOCCCCCCCCCCCCCC.O=S(=O)(O)O.[H-].[Na+]. The molecular formula is C30H65NaO5S. The predicted molar refractivity (Wildman–Crippen MR) is 160 cm³/mol. The van der Waals surface area contributed by atoms with Gasteiger partial charge in [0.2, 0.25) is 0 Å². The minimum atomic E-state index is -4.67. The van der Waals surface area contributed by atoms with Crippen LogP contribution in [0, 0.1) is 0 Å². The van der Waals surface area contributed by atoms with E-state index in [-0.39, 0.29) is 31.0 Å². The van der Waals surface area contributed by atoms with Crippen molar-refractivity contribution in [1.29, 1.82) is 0 Å². The quantitative estimate of drug-likeness (QED) is 0.0491. The zero-order valence-corrected chi connectivity index (χ0v) is 28.1. The molecule has 0 atom stereocenters. The maximum atomic E-state index is 8.74. The standard InChI is InChI=1S/C28H58O.C2H4.Na.H2O4S.H/c1-3-5-7-9-11-13-15-17-19-21-23-25-27-29-28-26-24-22-20-18-16-14-12-10-8-6-4-2;1-2;;1-5(2,3)4;/h3-28H2,1-2H3;1-2H2;;(H2,1,2,3,4);/q;;+1;;-1. The molecule has 0 bridgehead atoms. The molecule has 0 aromatic heterocycles. The van der Waals surface area contributed by atoms with Crippen molar-refractivity contribution in [3.05, 3.63) is 13.2 Å². The fraction of sp³-hybridized carbons (Fsp3) is 0.933. The van der Waals surface area contributed by atoms with Gasteiger partial charge in [-0.3, -0.25) is 9.11 Å². The molecule has 0 aliphatic rings. The molecule has 0 rings (SSSR count). The van der Waals surface area contributed by atoms with Gasteiger partial charge in [-0.05, 0) is 12.8 Å². The summed E-state index contributed by atoms with van der Waals surface area (Å²) in [7, 11) is -4.67. The molecule has 0 saturated heterocycles. The molecule has 0 heterocycles. The van der Waals surface area contributed by atoms with Gasteiger partial charge in [-0.15, -0.1) is 13.2 Å². The van der Waals surface area contributed by atoms with Gasteiger partial charge in [0, 0.05) is 13.2 Å². The molecule has 0 aliphatic heterocycles. The van der Waals surface area contributed by atoms with Crippen molar-refractivity contribution in [2.24, 2.45) is 0 Å². The molecule has 0 aromatic rings. The first-order valence-electron chi connectivity index (χ1n) is 15.2. The van der Waals surface area contributed by atoms with Gasteiger partial charge in [0.1, 0.15) is 0 Å². The molecule has 5 nitrogen and oxygen atoms in total. The third-order valence-electron chi connectivity index (χ3n) is 6.28. The molecule has 0 fully saturated rings. The van der Waals surface area contributed by atoms with Crippen molar-refractivity contribution >= 4 is 10.4 Å². The Morgan fingerprint density at radius 3 is 0.838 bits per heavy atom. The summed E-state index contributed by atoms with van der Waals surface area (Å²) in [6, 6.07) is 0. The van der Waals surface area contributed by atoms with Crippen LogP contribution in [0.3, 0.4) is 0 Å². The van der Waals surface area contributed by atoms with E-state index in [9.17, 15) is 0 Å². The van der Waals surface area contributed by atoms with Crippen LogP contribution in [0.2, 0.25) is 0 Å². The predicted octanol–water partition coefficient (Wildman–Crippen LogP) is 7.67. The second-order valence-electron chi connectivity index (χ2n) is 9.84. The van der Waals surface area contributed by atoms with Crippen LogP contribution >= 0.6 is 0 Å². The van der Waals surface area contributed by atoms with Gasteiger partial charge >= 0.3 is 40.0 Å². The summed E-state index contributed by atoms with van der Waals surface area (Å²) < 4.78 is 37.4. The van der Waals surface area contributed by atoms with Gasteiger partial charge in [0.15, 0.2) is 0 Å². The number of unbranched alkanes of at least 4 members (excludes halogenated alkanes) is 22. The van der Waals surface area contributed by atoms with Crippen LogP contribution in [0.5, 0.6) is 0 Å². The van der Waals surface area contributed by atoms with Crippen LogP contribution in [0.15, 0.2) is 13.2 Å². The number of rotatable bonds is 26. The summed E-state index contributed by atoms with van der Waals surface area (Å²) in [5, 5.41) is 0. The largest absolute Gasteiger partial charge is 1.00 e. The maximum absolute atomic E-state index is 8.74. The van der Waals surface area contributed by atoms with Gasteiger partial charge in [-0.1, -0.05) is 155 Å². The van der Waals surface area contributed by atoms with E-state index >= 15 is 0 Å². The molecule has 37 heavy (non-hydrogen) atoms. The van der Waals surface area contributed by atoms with Crippen LogP contribution in [-0.2, 0) is 15.1 Å². The van der Waals surface area contributed by atoms with Crippen LogP contribution in [-0.4, -0.2) is 30.7 Å². The zero-order chi connectivity index (χ0) is 27.6. The van der Waals surface area contributed by atoms with E-state index in [0.717, 1.165) is 13.2 Å². The van der Waals surface area contributed by atoms with E-state index in [1.807, 2.05) is 0 Å². The Labute approximate surface area is 256 Å². The van der Waals surface area contributed by atoms with Crippen LogP contribution in [0.25, 0.3) is 0 Å². The minimum absolute atomic E-state index is 0. The average molecular weight is 561 g/mol.